The molecule has 6 heteroatoms. The maximum atomic E-state index is 13.3. The Kier molecular flexibility index (Phi) is 3.88. The molecule has 6 nitrogen and oxygen atoms in total. The fourth-order valence-corrected chi connectivity index (χ4v) is 5.88. The number of amides is 3. The van der Waals surface area contributed by atoms with Gasteiger partial charge in [0.15, 0.2) is 0 Å². The third-order valence-electron chi connectivity index (χ3n) is 7.38. The Bertz CT molecular complexity index is 1100. The van der Waals surface area contributed by atoms with Crippen molar-refractivity contribution >= 4 is 29.1 Å². The summed E-state index contributed by atoms with van der Waals surface area (Å²) >= 11 is 0. The van der Waals surface area contributed by atoms with Crippen LogP contribution in [0.1, 0.15) is 16.8 Å². The first-order chi connectivity index (χ1) is 15.1. The number of ether oxygens (including phenoxy) is 1. The highest BCUT2D eigenvalue weighted by Crippen LogP contribution is 2.65. The molecule has 0 aromatic heterocycles. The van der Waals surface area contributed by atoms with Crippen LogP contribution in [0.3, 0.4) is 0 Å². The van der Waals surface area contributed by atoms with Gasteiger partial charge in [0.1, 0.15) is 5.75 Å². The number of benzene rings is 2. The van der Waals surface area contributed by atoms with Gasteiger partial charge in [-0.2, -0.15) is 0 Å². The first-order valence-electron chi connectivity index (χ1n) is 10.7. The monoisotopic (exact) mass is 414 g/mol. The molecule has 2 aromatic rings. The van der Waals surface area contributed by atoms with Crippen LogP contribution in [0.2, 0.25) is 0 Å². The van der Waals surface area contributed by atoms with E-state index in [9.17, 15) is 14.4 Å². The molecule has 1 heterocycles. The van der Waals surface area contributed by atoms with Crippen molar-refractivity contribution in [2.45, 2.75) is 6.42 Å². The van der Waals surface area contributed by atoms with Crippen molar-refractivity contribution in [3.63, 3.8) is 0 Å². The van der Waals surface area contributed by atoms with Crippen molar-refractivity contribution in [3.05, 3.63) is 66.2 Å². The number of carbonyl (C=O) groups is 3. The van der Waals surface area contributed by atoms with Crippen LogP contribution in [-0.2, 0) is 9.59 Å². The first kappa shape index (κ1) is 18.4. The summed E-state index contributed by atoms with van der Waals surface area (Å²) in [6.45, 7) is 0. The molecule has 6 atom stereocenters. The number of hydrogen-bond donors (Lipinski definition) is 1. The highest BCUT2D eigenvalue weighted by molar-refractivity contribution is 6.23. The summed E-state index contributed by atoms with van der Waals surface area (Å²) in [5.41, 5.74) is 1.50. The zero-order chi connectivity index (χ0) is 21.3. The Labute approximate surface area is 179 Å². The predicted octanol–water partition coefficient (Wildman–Crippen LogP) is 3.51. The van der Waals surface area contributed by atoms with E-state index in [4.69, 9.17) is 4.74 Å². The lowest BCUT2D eigenvalue weighted by atomic mass is 9.63. The van der Waals surface area contributed by atoms with Crippen molar-refractivity contribution in [1.82, 2.24) is 0 Å². The second-order valence-electron chi connectivity index (χ2n) is 8.90. The number of nitrogens with zero attached hydrogens (tertiary/aromatic N) is 1. The minimum absolute atomic E-state index is 0.118. The third kappa shape index (κ3) is 2.67. The van der Waals surface area contributed by atoms with Crippen molar-refractivity contribution in [2.24, 2.45) is 35.5 Å². The van der Waals surface area contributed by atoms with E-state index in [1.165, 1.54) is 4.90 Å². The topological polar surface area (TPSA) is 75.7 Å². The summed E-state index contributed by atoms with van der Waals surface area (Å²) in [6, 6.07) is 13.8. The Morgan fingerprint density at radius 2 is 1.61 bits per heavy atom. The van der Waals surface area contributed by atoms with Crippen LogP contribution in [0, 0.1) is 35.5 Å². The van der Waals surface area contributed by atoms with Gasteiger partial charge in [-0.3, -0.25) is 14.4 Å². The molecular weight excluding hydrogens is 392 g/mol. The number of allylic oxidation sites excluding steroid dienone is 2. The standard InChI is InChI=1S/C25H22N2O4/c1-31-16-7-5-14(6-8-16)26-23(28)13-3-2-4-15(11-13)27-24(29)21-17-9-10-18(20-12-19(17)20)22(21)25(27)30/h2-11,17-22H,12H2,1H3,(H,26,28)/t17-,18-,19-,20+,21-,22+/m0/s1. The van der Waals surface area contributed by atoms with Gasteiger partial charge in [-0.05, 0) is 72.6 Å². The van der Waals surface area contributed by atoms with Crippen LogP contribution >= 0.6 is 0 Å². The fourth-order valence-electron chi connectivity index (χ4n) is 5.88. The molecule has 2 saturated carbocycles. The molecule has 3 amide bonds. The lowest BCUT2D eigenvalue weighted by molar-refractivity contribution is -0.124. The predicted molar refractivity (Wildman–Crippen MR) is 115 cm³/mol. The van der Waals surface area contributed by atoms with Gasteiger partial charge in [0.25, 0.3) is 5.91 Å². The molecule has 2 bridgehead atoms. The summed E-state index contributed by atoms with van der Waals surface area (Å²) in [6.07, 6.45) is 5.46. The lowest BCUT2D eigenvalue weighted by Gasteiger charge is -2.37. The molecule has 0 spiro atoms. The van der Waals surface area contributed by atoms with Gasteiger partial charge in [-0.1, -0.05) is 18.2 Å². The SMILES string of the molecule is COc1ccc(NC(=O)c2cccc(N3C(=O)[C@@H]4[C@H]5C=C[C@@H]([C@@H]6C[C@H]56)[C@@H]4C3=O)c2)cc1. The summed E-state index contributed by atoms with van der Waals surface area (Å²) in [4.78, 5) is 40.7. The van der Waals surface area contributed by atoms with Crippen molar-refractivity contribution < 1.29 is 19.1 Å². The Morgan fingerprint density at radius 3 is 2.23 bits per heavy atom. The molecular formula is C25H22N2O4. The molecule has 31 heavy (non-hydrogen) atoms. The number of imide groups is 1. The van der Waals surface area contributed by atoms with E-state index in [0.717, 1.165) is 6.42 Å². The summed E-state index contributed by atoms with van der Waals surface area (Å²) in [5, 5.41) is 2.84. The average molecular weight is 414 g/mol. The average Bonchev–Trinajstić information content (AvgIpc) is 3.57. The summed E-state index contributed by atoms with van der Waals surface area (Å²) in [7, 11) is 1.58. The Morgan fingerprint density at radius 1 is 0.968 bits per heavy atom. The highest BCUT2D eigenvalue weighted by Gasteiger charge is 2.67. The van der Waals surface area contributed by atoms with E-state index in [0.29, 0.717) is 34.5 Å². The van der Waals surface area contributed by atoms with E-state index in [-0.39, 0.29) is 41.4 Å². The van der Waals surface area contributed by atoms with Crippen molar-refractivity contribution in [3.8, 4) is 5.75 Å². The molecule has 2 aromatic carbocycles. The van der Waals surface area contributed by atoms with Gasteiger partial charge in [-0.25, -0.2) is 4.90 Å². The maximum absolute atomic E-state index is 13.3. The van der Waals surface area contributed by atoms with Gasteiger partial charge in [0.2, 0.25) is 11.8 Å². The second-order valence-corrected chi connectivity index (χ2v) is 8.90. The number of hydrogen-bond acceptors (Lipinski definition) is 4. The fraction of sp³-hybridized carbons (Fsp3) is 0.320. The van der Waals surface area contributed by atoms with Crippen LogP contribution < -0.4 is 15.0 Å². The van der Waals surface area contributed by atoms with Gasteiger partial charge in [0.05, 0.1) is 24.6 Å². The molecule has 5 aliphatic rings. The number of carbonyl (C=O) groups excluding carboxylic acids is 3. The minimum Gasteiger partial charge on any atom is -0.497 e. The van der Waals surface area contributed by atoms with Crippen LogP contribution in [0.5, 0.6) is 5.75 Å². The zero-order valence-electron chi connectivity index (χ0n) is 17.0. The molecule has 1 N–H and O–H groups in total. The van der Waals surface area contributed by atoms with Crippen LogP contribution in [0.15, 0.2) is 60.7 Å². The van der Waals surface area contributed by atoms with Gasteiger partial charge in [-0.15, -0.1) is 0 Å². The lowest BCUT2D eigenvalue weighted by Crippen LogP contribution is -2.40. The van der Waals surface area contributed by atoms with E-state index in [1.54, 1.807) is 55.6 Å². The number of rotatable bonds is 4. The number of nitrogens with one attached hydrogen (secondary N) is 1. The second kappa shape index (κ2) is 6.54. The van der Waals surface area contributed by atoms with Gasteiger partial charge >= 0.3 is 0 Å². The van der Waals surface area contributed by atoms with Crippen LogP contribution in [0.25, 0.3) is 0 Å². The largest absolute Gasteiger partial charge is 0.497 e. The third-order valence-corrected chi connectivity index (χ3v) is 7.38. The van der Waals surface area contributed by atoms with Crippen molar-refractivity contribution in [1.29, 1.82) is 0 Å². The van der Waals surface area contributed by atoms with Gasteiger partial charge in [0, 0.05) is 11.3 Å². The van der Waals surface area contributed by atoms with E-state index in [1.807, 2.05) is 0 Å². The first-order valence-corrected chi connectivity index (χ1v) is 10.7. The number of methoxy groups -OCH3 is 1. The molecule has 1 saturated heterocycles. The van der Waals surface area contributed by atoms with E-state index >= 15 is 0 Å². The van der Waals surface area contributed by atoms with Crippen LogP contribution in [0.4, 0.5) is 11.4 Å². The molecule has 0 unspecified atom stereocenters. The maximum Gasteiger partial charge on any atom is 0.255 e. The molecule has 0 radical (unpaired) electrons. The van der Waals surface area contributed by atoms with Gasteiger partial charge < -0.3 is 10.1 Å². The van der Waals surface area contributed by atoms with E-state index < -0.39 is 0 Å². The highest BCUT2D eigenvalue weighted by atomic mass is 16.5. The van der Waals surface area contributed by atoms with Crippen molar-refractivity contribution in [2.75, 3.05) is 17.3 Å². The number of anilines is 2. The quantitative estimate of drug-likeness (QED) is 0.614. The normalized spacial score (nSPS) is 32.0. The Balaban J connectivity index is 1.26. The molecule has 4 aliphatic carbocycles. The van der Waals surface area contributed by atoms with E-state index in [2.05, 4.69) is 17.5 Å². The summed E-state index contributed by atoms with van der Waals surface area (Å²) in [5.74, 6) is 1.17. The summed E-state index contributed by atoms with van der Waals surface area (Å²) < 4.78 is 5.13. The Hall–Kier alpha value is -3.41. The smallest absolute Gasteiger partial charge is 0.255 e. The van der Waals surface area contributed by atoms with Crippen LogP contribution in [-0.4, -0.2) is 24.8 Å². The molecule has 3 fully saturated rings. The molecule has 156 valence electrons. The zero-order valence-corrected chi connectivity index (χ0v) is 17.0. The molecule has 1 aliphatic heterocycles. The minimum atomic E-state index is -0.300. The molecule has 7 rings (SSSR count).